The lowest BCUT2D eigenvalue weighted by molar-refractivity contribution is -0.123. The van der Waals surface area contributed by atoms with E-state index in [4.69, 9.17) is 5.73 Å². The van der Waals surface area contributed by atoms with Crippen LogP contribution in [0.4, 0.5) is 18.0 Å². The summed E-state index contributed by atoms with van der Waals surface area (Å²) in [7, 11) is 0. The first-order valence-corrected chi connectivity index (χ1v) is 4.70. The first-order chi connectivity index (χ1) is 6.90. The van der Waals surface area contributed by atoms with Gasteiger partial charge in [0.2, 0.25) is 0 Å². The molecule has 0 unspecified atom stereocenters. The molecule has 0 saturated carbocycles. The molecule has 0 aliphatic rings. The molecule has 7 heteroatoms. The number of carbonyl (C=O) groups excluding carboxylic acids is 1. The van der Waals surface area contributed by atoms with Crippen LogP contribution in [0.3, 0.4) is 0 Å². The second-order valence-electron chi connectivity index (χ2n) is 3.00. The molecule has 2 amide bonds. The summed E-state index contributed by atoms with van der Waals surface area (Å²) >= 11 is 0. The summed E-state index contributed by atoms with van der Waals surface area (Å²) in [6.45, 7) is 1.54. The fourth-order valence-electron chi connectivity index (χ4n) is 0.973. The monoisotopic (exact) mass is 227 g/mol. The molecule has 4 nitrogen and oxygen atoms in total. The Morgan fingerprint density at radius 1 is 1.47 bits per heavy atom. The van der Waals surface area contributed by atoms with E-state index in [1.807, 2.05) is 0 Å². The Morgan fingerprint density at radius 2 is 2.07 bits per heavy atom. The van der Waals surface area contributed by atoms with Crippen LogP contribution < -0.4 is 11.1 Å². The van der Waals surface area contributed by atoms with E-state index >= 15 is 0 Å². The zero-order chi connectivity index (χ0) is 11.9. The van der Waals surface area contributed by atoms with Crippen LogP contribution in [-0.2, 0) is 0 Å². The maximum atomic E-state index is 11.8. The Balaban J connectivity index is 3.94. The minimum atomic E-state index is -4.37. The van der Waals surface area contributed by atoms with Gasteiger partial charge in [-0.1, -0.05) is 0 Å². The van der Waals surface area contributed by atoms with Crippen LogP contribution in [0.25, 0.3) is 0 Å². The summed E-state index contributed by atoms with van der Waals surface area (Å²) in [5.74, 6) is 0. The first-order valence-electron chi connectivity index (χ1n) is 4.70. The van der Waals surface area contributed by atoms with Crippen molar-refractivity contribution in [3.05, 3.63) is 0 Å². The van der Waals surface area contributed by atoms with Crippen molar-refractivity contribution < 1.29 is 18.0 Å². The standard InChI is InChI=1S/C8H16F3N3O/c1-2-14(5-3-4-12)7(15)13-6-8(9,10)11/h2-6,12H2,1H3,(H,13,15). The number of nitrogens with zero attached hydrogens (tertiary/aromatic N) is 1. The molecule has 0 heterocycles. The summed E-state index contributed by atoms with van der Waals surface area (Å²) in [5.41, 5.74) is 5.24. The number of urea groups is 1. The van der Waals surface area contributed by atoms with Crippen molar-refractivity contribution in [1.82, 2.24) is 10.2 Å². The molecule has 0 fully saturated rings. The molecular weight excluding hydrogens is 211 g/mol. The Bertz CT molecular complexity index is 196. The number of rotatable bonds is 5. The van der Waals surface area contributed by atoms with Crippen LogP contribution in [0.15, 0.2) is 0 Å². The third-order valence-electron chi connectivity index (χ3n) is 1.74. The highest BCUT2D eigenvalue weighted by Gasteiger charge is 2.28. The van der Waals surface area contributed by atoms with Crippen molar-refractivity contribution in [2.24, 2.45) is 5.73 Å². The van der Waals surface area contributed by atoms with E-state index in [2.05, 4.69) is 0 Å². The van der Waals surface area contributed by atoms with Crippen molar-refractivity contribution >= 4 is 6.03 Å². The highest BCUT2D eigenvalue weighted by atomic mass is 19.4. The molecule has 3 N–H and O–H groups in total. The lowest BCUT2D eigenvalue weighted by Gasteiger charge is -2.21. The predicted molar refractivity (Wildman–Crippen MR) is 50.4 cm³/mol. The fourth-order valence-corrected chi connectivity index (χ4v) is 0.973. The molecule has 15 heavy (non-hydrogen) atoms. The van der Waals surface area contributed by atoms with E-state index in [9.17, 15) is 18.0 Å². The van der Waals surface area contributed by atoms with Gasteiger partial charge >= 0.3 is 12.2 Å². The second kappa shape index (κ2) is 6.49. The number of hydrogen-bond acceptors (Lipinski definition) is 2. The number of halogens is 3. The zero-order valence-electron chi connectivity index (χ0n) is 8.60. The highest BCUT2D eigenvalue weighted by molar-refractivity contribution is 5.74. The second-order valence-corrected chi connectivity index (χ2v) is 3.00. The van der Waals surface area contributed by atoms with Gasteiger partial charge < -0.3 is 16.0 Å². The minimum absolute atomic E-state index is 0.365. The Morgan fingerprint density at radius 3 is 2.47 bits per heavy atom. The molecule has 0 rings (SSSR count). The van der Waals surface area contributed by atoms with Gasteiger partial charge in [0.05, 0.1) is 0 Å². The van der Waals surface area contributed by atoms with E-state index in [0.29, 0.717) is 26.1 Å². The number of hydrogen-bond donors (Lipinski definition) is 2. The number of carbonyl (C=O) groups is 1. The smallest absolute Gasteiger partial charge is 0.330 e. The Hall–Kier alpha value is -0.980. The van der Waals surface area contributed by atoms with Crippen molar-refractivity contribution in [2.75, 3.05) is 26.2 Å². The summed E-state index contributed by atoms with van der Waals surface area (Å²) in [6.07, 6.45) is -3.80. The number of nitrogens with one attached hydrogen (secondary N) is 1. The average molecular weight is 227 g/mol. The summed E-state index contributed by atoms with van der Waals surface area (Å²) in [5, 5.41) is 1.80. The van der Waals surface area contributed by atoms with Crippen molar-refractivity contribution in [3.63, 3.8) is 0 Å². The Kier molecular flexibility index (Phi) is 6.07. The zero-order valence-corrected chi connectivity index (χ0v) is 8.60. The van der Waals surface area contributed by atoms with Crippen LogP contribution >= 0.6 is 0 Å². The van der Waals surface area contributed by atoms with Crippen LogP contribution in [0.2, 0.25) is 0 Å². The van der Waals surface area contributed by atoms with Gasteiger partial charge in [-0.05, 0) is 19.9 Å². The largest absolute Gasteiger partial charge is 0.405 e. The molecular formula is C8H16F3N3O. The van der Waals surface area contributed by atoms with Gasteiger partial charge in [0.15, 0.2) is 0 Å². The third kappa shape index (κ3) is 7.01. The maximum Gasteiger partial charge on any atom is 0.405 e. The molecule has 0 spiro atoms. The number of amides is 2. The van der Waals surface area contributed by atoms with Crippen LogP contribution in [0.1, 0.15) is 13.3 Å². The van der Waals surface area contributed by atoms with Crippen LogP contribution in [-0.4, -0.2) is 43.3 Å². The van der Waals surface area contributed by atoms with Crippen molar-refractivity contribution in [3.8, 4) is 0 Å². The van der Waals surface area contributed by atoms with Crippen molar-refractivity contribution in [2.45, 2.75) is 19.5 Å². The topological polar surface area (TPSA) is 58.4 Å². The van der Waals surface area contributed by atoms with Gasteiger partial charge in [0, 0.05) is 13.1 Å². The molecule has 0 aliphatic heterocycles. The van der Waals surface area contributed by atoms with E-state index in [0.717, 1.165) is 0 Å². The molecule has 90 valence electrons. The van der Waals surface area contributed by atoms with Gasteiger partial charge in [-0.2, -0.15) is 13.2 Å². The van der Waals surface area contributed by atoms with E-state index in [-0.39, 0.29) is 0 Å². The summed E-state index contributed by atoms with van der Waals surface area (Å²) in [4.78, 5) is 12.5. The SMILES string of the molecule is CCN(CCCN)C(=O)NCC(F)(F)F. The van der Waals surface area contributed by atoms with Crippen LogP contribution in [0, 0.1) is 0 Å². The van der Waals surface area contributed by atoms with Gasteiger partial charge in [0.1, 0.15) is 6.54 Å². The van der Waals surface area contributed by atoms with Crippen LogP contribution in [0.5, 0.6) is 0 Å². The van der Waals surface area contributed by atoms with Gasteiger partial charge in [-0.3, -0.25) is 0 Å². The van der Waals surface area contributed by atoms with Gasteiger partial charge in [-0.25, -0.2) is 4.79 Å². The third-order valence-corrected chi connectivity index (χ3v) is 1.74. The molecule has 0 aromatic heterocycles. The first kappa shape index (κ1) is 14.0. The summed E-state index contributed by atoms with van der Waals surface area (Å²) in [6, 6.07) is -0.705. The minimum Gasteiger partial charge on any atom is -0.330 e. The predicted octanol–water partition coefficient (Wildman–Crippen LogP) is 0.929. The number of alkyl halides is 3. The van der Waals surface area contributed by atoms with E-state index in [1.165, 1.54) is 4.90 Å². The normalized spacial score (nSPS) is 11.3. The Labute approximate surface area is 86.6 Å². The molecule has 0 aromatic carbocycles. The highest BCUT2D eigenvalue weighted by Crippen LogP contribution is 2.12. The average Bonchev–Trinajstić information content (AvgIpc) is 2.15. The van der Waals surface area contributed by atoms with Crippen molar-refractivity contribution in [1.29, 1.82) is 0 Å². The molecule has 0 saturated heterocycles. The number of nitrogens with two attached hydrogens (primary N) is 1. The molecule has 0 atom stereocenters. The molecule has 0 radical (unpaired) electrons. The molecule has 0 aliphatic carbocycles. The fraction of sp³-hybridized carbons (Fsp3) is 0.875. The van der Waals surface area contributed by atoms with E-state index < -0.39 is 18.8 Å². The molecule has 0 bridgehead atoms. The lowest BCUT2D eigenvalue weighted by atomic mass is 10.4. The summed E-state index contributed by atoms with van der Waals surface area (Å²) < 4.78 is 35.3. The maximum absolute atomic E-state index is 11.8. The van der Waals surface area contributed by atoms with E-state index in [1.54, 1.807) is 12.2 Å². The van der Waals surface area contributed by atoms with Gasteiger partial charge in [-0.15, -0.1) is 0 Å². The van der Waals surface area contributed by atoms with Gasteiger partial charge in [0.25, 0.3) is 0 Å². The molecule has 0 aromatic rings. The lowest BCUT2D eigenvalue weighted by Crippen LogP contribution is -2.44. The quantitative estimate of drug-likeness (QED) is 0.734.